The van der Waals surface area contributed by atoms with Crippen molar-refractivity contribution in [2.24, 2.45) is 0 Å². The Kier molecular flexibility index (Phi) is 9.48. The number of hydrogen-bond donors (Lipinski definition) is 5. The summed E-state index contributed by atoms with van der Waals surface area (Å²) in [7, 11) is 1.52. The number of ether oxygens (including phenoxy) is 1. The van der Waals surface area contributed by atoms with E-state index in [9.17, 15) is 19.5 Å². The van der Waals surface area contributed by atoms with E-state index in [1.165, 1.54) is 24.9 Å². The summed E-state index contributed by atoms with van der Waals surface area (Å²) in [5, 5.41) is 18.5. The van der Waals surface area contributed by atoms with Crippen LogP contribution >= 0.6 is 23.4 Å². The lowest BCUT2D eigenvalue weighted by atomic mass is 10.1. The first-order valence-electron chi connectivity index (χ1n) is 10.3. The van der Waals surface area contributed by atoms with Gasteiger partial charge in [-0.3, -0.25) is 9.59 Å². The number of H-pyrrole nitrogens is 1. The standard InChI is InChI=1S/C22H29ClN4O5S/c1-11-8-17(33-5)15(21(30)27-11)10-26-20(29)14-9-16(23)19(18(28)13(14)3)32-12(2)6-7-25-22(31)24-4/h8-9,12,28H,6-7,10H2,1-5H3,(H,26,29)(H,27,30)(H2,24,25,31). The molecule has 0 bridgehead atoms. The van der Waals surface area contributed by atoms with E-state index in [2.05, 4.69) is 20.9 Å². The van der Waals surface area contributed by atoms with Crippen LogP contribution in [0, 0.1) is 13.8 Å². The Morgan fingerprint density at radius 2 is 1.97 bits per heavy atom. The van der Waals surface area contributed by atoms with Gasteiger partial charge in [-0.15, -0.1) is 11.8 Å². The Bertz CT molecular complexity index is 1090. The summed E-state index contributed by atoms with van der Waals surface area (Å²) in [4.78, 5) is 39.8. The number of carbonyl (C=O) groups excluding carboxylic acids is 2. The van der Waals surface area contributed by atoms with Gasteiger partial charge in [0, 0.05) is 53.8 Å². The zero-order valence-electron chi connectivity index (χ0n) is 19.2. The number of aromatic amines is 1. The first-order valence-corrected chi connectivity index (χ1v) is 11.9. The van der Waals surface area contributed by atoms with Crippen LogP contribution in [0.4, 0.5) is 4.79 Å². The lowest BCUT2D eigenvalue weighted by Crippen LogP contribution is -2.34. The van der Waals surface area contributed by atoms with Gasteiger partial charge in [0.1, 0.15) is 0 Å². The predicted molar refractivity (Wildman–Crippen MR) is 130 cm³/mol. The van der Waals surface area contributed by atoms with E-state index in [-0.39, 0.29) is 46.3 Å². The zero-order valence-corrected chi connectivity index (χ0v) is 20.8. The van der Waals surface area contributed by atoms with Gasteiger partial charge in [0.2, 0.25) is 0 Å². The summed E-state index contributed by atoms with van der Waals surface area (Å²) in [6, 6.07) is 2.97. The number of hydrogen-bond acceptors (Lipinski definition) is 6. The number of halogens is 1. The third kappa shape index (κ3) is 6.82. The number of aromatic nitrogens is 1. The molecule has 0 aliphatic rings. The molecular weight excluding hydrogens is 468 g/mol. The second-order valence-corrected chi connectivity index (χ2v) is 8.70. The van der Waals surface area contributed by atoms with Crippen molar-refractivity contribution in [3.8, 4) is 11.5 Å². The fourth-order valence-electron chi connectivity index (χ4n) is 3.10. The molecule has 0 spiro atoms. The predicted octanol–water partition coefficient (Wildman–Crippen LogP) is 3.09. The molecule has 1 aromatic heterocycles. The van der Waals surface area contributed by atoms with E-state index in [0.29, 0.717) is 24.1 Å². The average Bonchev–Trinajstić information content (AvgIpc) is 2.77. The fourth-order valence-corrected chi connectivity index (χ4v) is 4.05. The number of benzene rings is 1. The minimum atomic E-state index is -0.480. The zero-order chi connectivity index (χ0) is 24.7. The average molecular weight is 497 g/mol. The molecule has 0 aliphatic carbocycles. The van der Waals surface area contributed by atoms with Gasteiger partial charge < -0.3 is 30.8 Å². The monoisotopic (exact) mass is 496 g/mol. The number of nitrogens with one attached hydrogen (secondary N) is 4. The van der Waals surface area contributed by atoms with Gasteiger partial charge in [-0.25, -0.2) is 4.79 Å². The molecule has 0 radical (unpaired) electrons. The lowest BCUT2D eigenvalue weighted by Gasteiger charge is -2.19. The number of phenolic OH excluding ortho intramolecular Hbond substituents is 1. The van der Waals surface area contributed by atoms with Crippen LogP contribution in [0.5, 0.6) is 11.5 Å². The number of rotatable bonds is 9. The SMILES string of the molecule is CNC(=O)NCCC(C)Oc1c(Cl)cc(C(=O)NCc2c(SC)cc(C)[nH]c2=O)c(C)c1O. The van der Waals surface area contributed by atoms with Crippen molar-refractivity contribution in [2.75, 3.05) is 19.8 Å². The van der Waals surface area contributed by atoms with Gasteiger partial charge in [-0.05, 0) is 39.2 Å². The highest BCUT2D eigenvalue weighted by molar-refractivity contribution is 7.98. The highest BCUT2D eigenvalue weighted by Gasteiger charge is 2.21. The van der Waals surface area contributed by atoms with Gasteiger partial charge in [0.05, 0.1) is 11.1 Å². The quantitative estimate of drug-likeness (QED) is 0.339. The first-order chi connectivity index (χ1) is 15.6. The molecule has 0 aliphatic heterocycles. The lowest BCUT2D eigenvalue weighted by molar-refractivity contribution is 0.0949. The number of aryl methyl sites for hydroxylation is 1. The van der Waals surface area contributed by atoms with Crippen molar-refractivity contribution in [1.82, 2.24) is 20.9 Å². The van der Waals surface area contributed by atoms with Gasteiger partial charge in [0.25, 0.3) is 11.5 Å². The fraction of sp³-hybridized carbons (Fsp3) is 0.409. The molecule has 3 amide bonds. The van der Waals surface area contributed by atoms with Crippen molar-refractivity contribution in [3.63, 3.8) is 0 Å². The number of carbonyl (C=O) groups is 2. The molecule has 2 aromatic rings. The van der Waals surface area contributed by atoms with E-state index in [1.807, 2.05) is 12.3 Å². The Balaban J connectivity index is 2.14. The molecule has 0 saturated carbocycles. The Morgan fingerprint density at radius 1 is 1.27 bits per heavy atom. The summed E-state index contributed by atoms with van der Waals surface area (Å²) in [5.41, 5.74) is 1.40. The highest BCUT2D eigenvalue weighted by Crippen LogP contribution is 2.40. The van der Waals surface area contributed by atoms with Crippen LogP contribution < -0.4 is 26.2 Å². The Hall–Kier alpha value is -2.85. The van der Waals surface area contributed by atoms with Crippen LogP contribution in [0.1, 0.15) is 40.5 Å². The molecule has 0 saturated heterocycles. The summed E-state index contributed by atoms with van der Waals surface area (Å²) < 4.78 is 5.76. The minimum absolute atomic E-state index is 0.0239. The second-order valence-electron chi connectivity index (χ2n) is 7.44. The van der Waals surface area contributed by atoms with Crippen LogP contribution in [0.3, 0.4) is 0 Å². The maximum absolute atomic E-state index is 12.8. The first kappa shape index (κ1) is 26.4. The molecule has 9 nitrogen and oxygen atoms in total. The summed E-state index contributed by atoms with van der Waals surface area (Å²) in [5.74, 6) is -0.652. The van der Waals surface area contributed by atoms with E-state index < -0.39 is 5.91 Å². The third-order valence-electron chi connectivity index (χ3n) is 4.96. The number of pyridine rings is 1. The van der Waals surface area contributed by atoms with Gasteiger partial charge in [-0.2, -0.15) is 0 Å². The summed E-state index contributed by atoms with van der Waals surface area (Å²) >= 11 is 7.73. The van der Waals surface area contributed by atoms with E-state index in [4.69, 9.17) is 16.3 Å². The molecule has 0 fully saturated rings. The van der Waals surface area contributed by atoms with Crippen molar-refractivity contribution >= 4 is 35.3 Å². The molecule has 1 unspecified atom stereocenters. The Morgan fingerprint density at radius 3 is 2.61 bits per heavy atom. The number of amides is 3. The van der Waals surface area contributed by atoms with Crippen LogP contribution in [0.25, 0.3) is 0 Å². The number of thioether (sulfide) groups is 1. The van der Waals surface area contributed by atoms with E-state index in [1.54, 1.807) is 20.8 Å². The van der Waals surface area contributed by atoms with Crippen LogP contribution in [0.15, 0.2) is 21.8 Å². The smallest absolute Gasteiger partial charge is 0.314 e. The van der Waals surface area contributed by atoms with Gasteiger partial charge in [0.15, 0.2) is 11.5 Å². The van der Waals surface area contributed by atoms with Crippen LogP contribution in [-0.2, 0) is 6.54 Å². The van der Waals surface area contributed by atoms with E-state index >= 15 is 0 Å². The van der Waals surface area contributed by atoms with Crippen molar-refractivity contribution in [3.05, 3.63) is 49.9 Å². The second kappa shape index (κ2) is 11.9. The molecule has 1 aromatic carbocycles. The topological polar surface area (TPSA) is 133 Å². The maximum atomic E-state index is 12.8. The number of phenols is 1. The molecule has 5 N–H and O–H groups in total. The van der Waals surface area contributed by atoms with Crippen molar-refractivity contribution < 1.29 is 19.4 Å². The molecule has 2 rings (SSSR count). The number of aromatic hydroxyl groups is 1. The Labute approximate surface area is 201 Å². The van der Waals surface area contributed by atoms with Gasteiger partial charge >= 0.3 is 6.03 Å². The molecule has 180 valence electrons. The number of urea groups is 1. The maximum Gasteiger partial charge on any atom is 0.314 e. The highest BCUT2D eigenvalue weighted by atomic mass is 35.5. The van der Waals surface area contributed by atoms with Crippen molar-refractivity contribution in [2.45, 2.75) is 44.7 Å². The van der Waals surface area contributed by atoms with Crippen molar-refractivity contribution in [1.29, 1.82) is 0 Å². The third-order valence-corrected chi connectivity index (χ3v) is 6.05. The molecular formula is C22H29ClN4O5S. The van der Waals surface area contributed by atoms with Gasteiger partial charge in [-0.1, -0.05) is 11.6 Å². The molecule has 11 heteroatoms. The minimum Gasteiger partial charge on any atom is -0.504 e. The summed E-state index contributed by atoms with van der Waals surface area (Å²) in [6.07, 6.45) is 1.98. The van der Waals surface area contributed by atoms with E-state index in [0.717, 1.165) is 10.6 Å². The van der Waals surface area contributed by atoms with Crippen LogP contribution in [0.2, 0.25) is 5.02 Å². The summed E-state index contributed by atoms with van der Waals surface area (Å²) in [6.45, 7) is 5.54. The largest absolute Gasteiger partial charge is 0.504 e. The normalized spacial score (nSPS) is 11.6. The molecule has 1 heterocycles. The van der Waals surface area contributed by atoms with Crippen LogP contribution in [-0.4, -0.2) is 48.0 Å². The molecule has 33 heavy (non-hydrogen) atoms. The molecule has 1 atom stereocenters.